The normalized spacial score (nSPS) is 19.2. The minimum atomic E-state index is -0.473. The SMILES string of the molecule is C[C@H](NCC(O)COc1ccc(Br)cc1)C1CCCCC1. The highest BCUT2D eigenvalue weighted by atomic mass is 79.9. The van der Waals surface area contributed by atoms with Gasteiger partial charge < -0.3 is 15.2 Å². The van der Waals surface area contributed by atoms with Crippen molar-refractivity contribution in [1.82, 2.24) is 5.32 Å². The molecule has 1 aliphatic rings. The summed E-state index contributed by atoms with van der Waals surface area (Å²) in [4.78, 5) is 0. The highest BCUT2D eigenvalue weighted by Crippen LogP contribution is 2.26. The molecule has 0 aromatic heterocycles. The molecule has 0 aliphatic heterocycles. The van der Waals surface area contributed by atoms with Crippen LogP contribution in [0, 0.1) is 5.92 Å². The van der Waals surface area contributed by atoms with Crippen LogP contribution in [-0.2, 0) is 0 Å². The number of hydrogen-bond donors (Lipinski definition) is 2. The molecule has 0 amide bonds. The van der Waals surface area contributed by atoms with Crippen molar-refractivity contribution in [3.63, 3.8) is 0 Å². The molecule has 1 aliphatic carbocycles. The Morgan fingerprint density at radius 1 is 1.24 bits per heavy atom. The number of aliphatic hydroxyl groups is 1. The molecule has 21 heavy (non-hydrogen) atoms. The van der Waals surface area contributed by atoms with Crippen molar-refractivity contribution in [1.29, 1.82) is 0 Å². The van der Waals surface area contributed by atoms with E-state index in [1.54, 1.807) is 0 Å². The molecule has 4 heteroatoms. The Balaban J connectivity index is 1.64. The molecule has 3 nitrogen and oxygen atoms in total. The second-order valence-corrected chi connectivity index (χ2v) is 6.93. The molecular formula is C17H26BrNO2. The first-order valence-electron chi connectivity index (χ1n) is 7.95. The molecular weight excluding hydrogens is 330 g/mol. The lowest BCUT2D eigenvalue weighted by Crippen LogP contribution is -2.40. The molecule has 0 heterocycles. The zero-order valence-corrected chi connectivity index (χ0v) is 14.3. The van der Waals surface area contributed by atoms with E-state index in [9.17, 15) is 5.11 Å². The van der Waals surface area contributed by atoms with Gasteiger partial charge in [-0.3, -0.25) is 0 Å². The lowest BCUT2D eigenvalue weighted by Gasteiger charge is -2.29. The van der Waals surface area contributed by atoms with Gasteiger partial charge in [0.15, 0.2) is 0 Å². The van der Waals surface area contributed by atoms with Crippen LogP contribution in [0.15, 0.2) is 28.7 Å². The lowest BCUT2D eigenvalue weighted by atomic mass is 9.84. The fourth-order valence-corrected chi connectivity index (χ4v) is 3.17. The quantitative estimate of drug-likeness (QED) is 0.782. The van der Waals surface area contributed by atoms with Crippen LogP contribution in [0.5, 0.6) is 5.75 Å². The molecule has 2 atom stereocenters. The number of hydrogen-bond acceptors (Lipinski definition) is 3. The van der Waals surface area contributed by atoms with Crippen molar-refractivity contribution in [3.8, 4) is 5.75 Å². The standard InChI is InChI=1S/C17H26BrNO2/c1-13(14-5-3-2-4-6-14)19-11-16(20)12-21-17-9-7-15(18)8-10-17/h7-10,13-14,16,19-20H,2-6,11-12H2,1H3/t13-,16?/m0/s1. The van der Waals surface area contributed by atoms with Gasteiger partial charge in [-0.05, 0) is 49.9 Å². The van der Waals surface area contributed by atoms with Crippen molar-refractivity contribution in [2.24, 2.45) is 5.92 Å². The minimum absolute atomic E-state index is 0.325. The Morgan fingerprint density at radius 3 is 2.57 bits per heavy atom. The lowest BCUT2D eigenvalue weighted by molar-refractivity contribution is 0.100. The van der Waals surface area contributed by atoms with E-state index in [-0.39, 0.29) is 0 Å². The van der Waals surface area contributed by atoms with E-state index in [1.807, 2.05) is 24.3 Å². The van der Waals surface area contributed by atoms with Crippen LogP contribution in [0.25, 0.3) is 0 Å². The molecule has 1 aromatic carbocycles. The summed E-state index contributed by atoms with van der Waals surface area (Å²) < 4.78 is 6.62. The summed E-state index contributed by atoms with van der Waals surface area (Å²) in [6, 6.07) is 8.15. The van der Waals surface area contributed by atoms with Crippen molar-refractivity contribution in [2.75, 3.05) is 13.2 Å². The number of benzene rings is 1. The van der Waals surface area contributed by atoms with Gasteiger partial charge in [-0.15, -0.1) is 0 Å². The second-order valence-electron chi connectivity index (χ2n) is 6.01. The summed E-state index contributed by atoms with van der Waals surface area (Å²) in [5.74, 6) is 1.55. The number of aliphatic hydroxyl groups excluding tert-OH is 1. The summed E-state index contributed by atoms with van der Waals surface area (Å²) in [5.41, 5.74) is 0. The van der Waals surface area contributed by atoms with E-state index in [4.69, 9.17) is 4.74 Å². The van der Waals surface area contributed by atoms with Crippen molar-refractivity contribution in [3.05, 3.63) is 28.7 Å². The molecule has 1 aromatic rings. The number of rotatable bonds is 7. The average molecular weight is 356 g/mol. The zero-order chi connectivity index (χ0) is 15.1. The maximum atomic E-state index is 10.0. The fraction of sp³-hybridized carbons (Fsp3) is 0.647. The molecule has 0 spiro atoms. The summed E-state index contributed by atoms with van der Waals surface area (Å²) in [7, 11) is 0. The maximum absolute atomic E-state index is 10.0. The number of halogens is 1. The highest BCUT2D eigenvalue weighted by Gasteiger charge is 2.20. The molecule has 118 valence electrons. The van der Waals surface area contributed by atoms with Gasteiger partial charge in [-0.1, -0.05) is 35.2 Å². The Morgan fingerprint density at radius 2 is 1.90 bits per heavy atom. The Hall–Kier alpha value is -0.580. The van der Waals surface area contributed by atoms with Gasteiger partial charge in [0.2, 0.25) is 0 Å². The molecule has 2 rings (SSSR count). The summed E-state index contributed by atoms with van der Waals surface area (Å²) in [5, 5.41) is 13.5. The second kappa shape index (κ2) is 8.76. The molecule has 1 fully saturated rings. The maximum Gasteiger partial charge on any atom is 0.119 e. The average Bonchev–Trinajstić information content (AvgIpc) is 2.53. The van der Waals surface area contributed by atoms with E-state index in [1.165, 1.54) is 32.1 Å². The van der Waals surface area contributed by atoms with Crippen LogP contribution in [0.4, 0.5) is 0 Å². The molecule has 0 radical (unpaired) electrons. The zero-order valence-electron chi connectivity index (χ0n) is 12.7. The third-order valence-electron chi connectivity index (χ3n) is 4.29. The number of nitrogens with one attached hydrogen (secondary N) is 1. The summed E-state index contributed by atoms with van der Waals surface area (Å²) in [6.45, 7) is 3.15. The first-order valence-corrected chi connectivity index (χ1v) is 8.74. The summed E-state index contributed by atoms with van der Waals surface area (Å²) >= 11 is 3.39. The molecule has 1 unspecified atom stereocenters. The number of ether oxygens (including phenoxy) is 1. The van der Waals surface area contributed by atoms with Crippen molar-refractivity contribution in [2.45, 2.75) is 51.2 Å². The Kier molecular flexibility index (Phi) is 7.00. The molecule has 0 saturated heterocycles. The highest BCUT2D eigenvalue weighted by molar-refractivity contribution is 9.10. The largest absolute Gasteiger partial charge is 0.491 e. The van der Waals surface area contributed by atoms with E-state index in [2.05, 4.69) is 28.2 Å². The third kappa shape index (κ3) is 5.97. The third-order valence-corrected chi connectivity index (χ3v) is 4.82. The van der Waals surface area contributed by atoms with Gasteiger partial charge in [-0.25, -0.2) is 0 Å². The summed E-state index contributed by atoms with van der Waals surface area (Å²) in [6.07, 6.45) is 6.25. The van der Waals surface area contributed by atoms with Crippen LogP contribution in [0.2, 0.25) is 0 Å². The first-order chi connectivity index (χ1) is 10.1. The van der Waals surface area contributed by atoms with Crippen LogP contribution >= 0.6 is 15.9 Å². The van der Waals surface area contributed by atoms with Crippen LogP contribution in [0.3, 0.4) is 0 Å². The van der Waals surface area contributed by atoms with E-state index >= 15 is 0 Å². The van der Waals surface area contributed by atoms with Gasteiger partial charge >= 0.3 is 0 Å². The molecule has 1 saturated carbocycles. The minimum Gasteiger partial charge on any atom is -0.491 e. The molecule has 2 N–H and O–H groups in total. The first kappa shape index (κ1) is 16.8. The predicted octanol–water partition coefficient (Wildman–Crippen LogP) is 3.75. The topological polar surface area (TPSA) is 41.5 Å². The fourth-order valence-electron chi connectivity index (χ4n) is 2.90. The monoisotopic (exact) mass is 355 g/mol. The van der Waals surface area contributed by atoms with Gasteiger partial charge in [0.25, 0.3) is 0 Å². The van der Waals surface area contributed by atoms with Gasteiger partial charge in [0.1, 0.15) is 18.5 Å². The Bertz CT molecular complexity index is 404. The van der Waals surface area contributed by atoms with Crippen molar-refractivity contribution < 1.29 is 9.84 Å². The smallest absolute Gasteiger partial charge is 0.119 e. The van der Waals surface area contributed by atoms with Crippen LogP contribution in [-0.4, -0.2) is 30.4 Å². The Labute approximate surface area is 136 Å². The van der Waals surface area contributed by atoms with Gasteiger partial charge in [-0.2, -0.15) is 0 Å². The van der Waals surface area contributed by atoms with Crippen LogP contribution in [0.1, 0.15) is 39.0 Å². The van der Waals surface area contributed by atoms with E-state index in [0.29, 0.717) is 19.2 Å². The van der Waals surface area contributed by atoms with Gasteiger partial charge in [0.05, 0.1) is 0 Å². The predicted molar refractivity (Wildman–Crippen MR) is 89.7 cm³/mol. The van der Waals surface area contributed by atoms with Crippen LogP contribution < -0.4 is 10.1 Å². The molecule has 0 bridgehead atoms. The van der Waals surface area contributed by atoms with E-state index < -0.39 is 6.10 Å². The van der Waals surface area contributed by atoms with Gasteiger partial charge in [0, 0.05) is 17.1 Å². The van der Waals surface area contributed by atoms with E-state index in [0.717, 1.165) is 16.1 Å². The van der Waals surface area contributed by atoms with Crippen molar-refractivity contribution >= 4 is 15.9 Å².